The number of thioether (sulfide) groups is 1. The fraction of sp³-hybridized carbons (Fsp3) is 0.353. The number of carbonyl (C=O) groups is 1. The molecule has 2 aromatic rings. The normalized spacial score (nSPS) is 10.6. The minimum absolute atomic E-state index is 0.0328. The van der Waals surface area contributed by atoms with Crippen LogP contribution in [0.25, 0.3) is 11.4 Å². The molecule has 0 saturated carbocycles. The lowest BCUT2D eigenvalue weighted by molar-refractivity contribution is -0.127. The molecule has 24 heavy (non-hydrogen) atoms. The molecule has 128 valence electrons. The quantitative estimate of drug-likeness (QED) is 0.474. The predicted octanol–water partition coefficient (Wildman–Crippen LogP) is 2.48. The largest absolute Gasteiger partial charge is 0.338 e. The number of aryl methyl sites for hydroxylation is 1. The number of nitrogen functional groups attached to an aromatic ring is 1. The van der Waals surface area contributed by atoms with Crippen LogP contribution in [0.4, 0.5) is 0 Å². The standard InChI is InChI=1S/C17H23N5OS/c1-5-21(10-12(2)3)15(23)11-24-17-20-19-16(22(17)18)14-8-6-13(4)7-9-14/h6-9H,2,5,10-11,18H2,1,3-4H3. The first kappa shape index (κ1) is 18.1. The smallest absolute Gasteiger partial charge is 0.233 e. The number of carbonyl (C=O) groups excluding carboxylic acids is 1. The monoisotopic (exact) mass is 345 g/mol. The van der Waals surface area contributed by atoms with E-state index in [9.17, 15) is 4.79 Å². The fourth-order valence-electron chi connectivity index (χ4n) is 2.19. The zero-order chi connectivity index (χ0) is 17.7. The van der Waals surface area contributed by atoms with Gasteiger partial charge in [0.25, 0.3) is 0 Å². The topological polar surface area (TPSA) is 77.0 Å². The molecule has 2 N–H and O–H groups in total. The summed E-state index contributed by atoms with van der Waals surface area (Å²) in [4.78, 5) is 14.0. The summed E-state index contributed by atoms with van der Waals surface area (Å²) in [7, 11) is 0. The molecule has 0 bridgehead atoms. The molecule has 0 saturated heterocycles. The molecule has 1 aromatic carbocycles. The number of amides is 1. The van der Waals surface area contributed by atoms with Crippen LogP contribution in [0.1, 0.15) is 19.4 Å². The first-order valence-corrected chi connectivity index (χ1v) is 8.73. The van der Waals surface area contributed by atoms with Crippen molar-refractivity contribution in [1.29, 1.82) is 0 Å². The Balaban J connectivity index is 2.05. The Morgan fingerprint density at radius 3 is 2.58 bits per heavy atom. The summed E-state index contributed by atoms with van der Waals surface area (Å²) in [5.74, 6) is 6.96. The third kappa shape index (κ3) is 4.38. The average molecular weight is 345 g/mol. The number of hydrogen-bond acceptors (Lipinski definition) is 5. The van der Waals surface area contributed by atoms with Crippen LogP contribution >= 0.6 is 11.8 Å². The maximum atomic E-state index is 12.3. The summed E-state index contributed by atoms with van der Waals surface area (Å²) in [6.07, 6.45) is 0. The van der Waals surface area contributed by atoms with Gasteiger partial charge in [0.15, 0.2) is 5.82 Å². The lowest BCUT2D eigenvalue weighted by Crippen LogP contribution is -2.33. The van der Waals surface area contributed by atoms with Crippen LogP contribution in [0, 0.1) is 6.92 Å². The molecular weight excluding hydrogens is 322 g/mol. The van der Waals surface area contributed by atoms with Crippen LogP contribution in [0.5, 0.6) is 0 Å². The number of benzene rings is 1. The van der Waals surface area contributed by atoms with Crippen LogP contribution < -0.4 is 5.84 Å². The first-order chi connectivity index (χ1) is 11.4. The Morgan fingerprint density at radius 1 is 1.33 bits per heavy atom. The zero-order valence-electron chi connectivity index (χ0n) is 14.3. The van der Waals surface area contributed by atoms with Gasteiger partial charge in [-0.3, -0.25) is 4.79 Å². The highest BCUT2D eigenvalue weighted by Gasteiger charge is 2.16. The van der Waals surface area contributed by atoms with Crippen LogP contribution in [-0.4, -0.2) is 44.5 Å². The summed E-state index contributed by atoms with van der Waals surface area (Å²) in [5.41, 5.74) is 3.02. The van der Waals surface area contributed by atoms with Crippen molar-refractivity contribution >= 4 is 17.7 Å². The molecule has 0 spiro atoms. The maximum Gasteiger partial charge on any atom is 0.233 e. The third-order valence-corrected chi connectivity index (χ3v) is 4.42. The van der Waals surface area contributed by atoms with Gasteiger partial charge in [0, 0.05) is 18.7 Å². The van der Waals surface area contributed by atoms with Gasteiger partial charge in [-0.25, -0.2) is 4.68 Å². The van der Waals surface area contributed by atoms with E-state index in [-0.39, 0.29) is 11.7 Å². The molecule has 0 radical (unpaired) electrons. The van der Waals surface area contributed by atoms with Crippen molar-refractivity contribution < 1.29 is 4.79 Å². The summed E-state index contributed by atoms with van der Waals surface area (Å²) >= 11 is 1.29. The van der Waals surface area contributed by atoms with Gasteiger partial charge in [-0.2, -0.15) is 0 Å². The molecule has 7 heteroatoms. The van der Waals surface area contributed by atoms with Gasteiger partial charge < -0.3 is 10.7 Å². The minimum atomic E-state index is 0.0328. The number of aromatic nitrogens is 3. The highest BCUT2D eigenvalue weighted by Crippen LogP contribution is 2.22. The molecule has 6 nitrogen and oxygen atoms in total. The van der Waals surface area contributed by atoms with Gasteiger partial charge >= 0.3 is 0 Å². The molecule has 0 atom stereocenters. The summed E-state index contributed by atoms with van der Waals surface area (Å²) in [6.45, 7) is 11.0. The van der Waals surface area contributed by atoms with Gasteiger partial charge in [0.2, 0.25) is 11.1 Å². The molecule has 0 unspecified atom stereocenters. The summed E-state index contributed by atoms with van der Waals surface area (Å²) in [5, 5.41) is 8.75. The Labute approximate surface area is 146 Å². The van der Waals surface area contributed by atoms with E-state index in [1.807, 2.05) is 45.0 Å². The molecular formula is C17H23N5OS. The number of nitrogens with zero attached hydrogens (tertiary/aromatic N) is 4. The van der Waals surface area contributed by atoms with Gasteiger partial charge in [0.05, 0.1) is 5.75 Å². The van der Waals surface area contributed by atoms with Crippen LogP contribution in [0.3, 0.4) is 0 Å². The SMILES string of the molecule is C=C(C)CN(CC)C(=O)CSc1nnc(-c2ccc(C)cc2)n1N. The van der Waals surface area contributed by atoms with Crippen molar-refractivity contribution in [3.05, 3.63) is 42.0 Å². The lowest BCUT2D eigenvalue weighted by Gasteiger charge is -2.20. The highest BCUT2D eigenvalue weighted by atomic mass is 32.2. The second kappa shape index (κ2) is 8.01. The highest BCUT2D eigenvalue weighted by molar-refractivity contribution is 7.99. The van der Waals surface area contributed by atoms with E-state index >= 15 is 0 Å². The van der Waals surface area contributed by atoms with Crippen molar-refractivity contribution in [3.8, 4) is 11.4 Å². The second-order valence-corrected chi connectivity index (χ2v) is 6.64. The Kier molecular flexibility index (Phi) is 6.03. The molecule has 0 aliphatic heterocycles. The Bertz CT molecular complexity index is 723. The molecule has 0 fully saturated rings. The van der Waals surface area contributed by atoms with Gasteiger partial charge in [-0.1, -0.05) is 53.7 Å². The average Bonchev–Trinajstić information content (AvgIpc) is 2.92. The van der Waals surface area contributed by atoms with E-state index in [1.165, 1.54) is 22.0 Å². The van der Waals surface area contributed by atoms with E-state index in [0.29, 0.717) is 24.1 Å². The fourth-order valence-corrected chi connectivity index (χ4v) is 2.95. The summed E-state index contributed by atoms with van der Waals surface area (Å²) in [6, 6.07) is 7.90. The Hall–Kier alpha value is -2.28. The number of likely N-dealkylation sites (N-methyl/N-ethyl adjacent to an activating group) is 1. The van der Waals surface area contributed by atoms with E-state index < -0.39 is 0 Å². The van der Waals surface area contributed by atoms with E-state index in [0.717, 1.165) is 11.1 Å². The molecule has 0 aliphatic rings. The number of rotatable bonds is 7. The van der Waals surface area contributed by atoms with Crippen molar-refractivity contribution in [1.82, 2.24) is 19.8 Å². The minimum Gasteiger partial charge on any atom is -0.338 e. The third-order valence-electron chi connectivity index (χ3n) is 3.49. The molecule has 1 aromatic heterocycles. The summed E-state index contributed by atoms with van der Waals surface area (Å²) < 4.78 is 1.43. The maximum absolute atomic E-state index is 12.3. The van der Waals surface area contributed by atoms with Gasteiger partial charge in [-0.15, -0.1) is 10.2 Å². The predicted molar refractivity (Wildman–Crippen MR) is 98.1 cm³/mol. The van der Waals surface area contributed by atoms with Crippen LogP contribution in [0.15, 0.2) is 41.6 Å². The van der Waals surface area contributed by atoms with Crippen LogP contribution in [0.2, 0.25) is 0 Å². The van der Waals surface area contributed by atoms with E-state index in [4.69, 9.17) is 5.84 Å². The zero-order valence-corrected chi connectivity index (χ0v) is 15.1. The Morgan fingerprint density at radius 2 is 2.00 bits per heavy atom. The van der Waals surface area contributed by atoms with Crippen molar-refractivity contribution in [2.45, 2.75) is 25.9 Å². The molecule has 2 rings (SSSR count). The molecule has 1 heterocycles. The van der Waals surface area contributed by atoms with E-state index in [2.05, 4.69) is 16.8 Å². The molecule has 1 amide bonds. The van der Waals surface area contributed by atoms with Gasteiger partial charge in [-0.05, 0) is 20.8 Å². The second-order valence-electron chi connectivity index (χ2n) is 5.70. The van der Waals surface area contributed by atoms with Crippen molar-refractivity contribution in [2.24, 2.45) is 0 Å². The van der Waals surface area contributed by atoms with Crippen LogP contribution in [-0.2, 0) is 4.79 Å². The van der Waals surface area contributed by atoms with Crippen molar-refractivity contribution in [3.63, 3.8) is 0 Å². The number of hydrogen-bond donors (Lipinski definition) is 1. The van der Waals surface area contributed by atoms with Gasteiger partial charge in [0.1, 0.15) is 0 Å². The lowest BCUT2D eigenvalue weighted by atomic mass is 10.1. The van der Waals surface area contributed by atoms with Crippen molar-refractivity contribution in [2.75, 3.05) is 24.7 Å². The first-order valence-electron chi connectivity index (χ1n) is 7.74. The van der Waals surface area contributed by atoms with E-state index in [1.54, 1.807) is 4.90 Å². The molecule has 0 aliphatic carbocycles. The number of nitrogens with two attached hydrogens (primary N) is 1.